The number of ether oxygens (including phenoxy) is 2. The van der Waals surface area contributed by atoms with Gasteiger partial charge in [-0.3, -0.25) is 20.4 Å². The zero-order valence-corrected chi connectivity index (χ0v) is 12.5. The number of amides is 2. The first kappa shape index (κ1) is 17.9. The number of furan rings is 1. The Hall–Kier alpha value is -3.43. The number of rotatable bonds is 6. The molecule has 10 heteroatoms. The molecule has 0 bridgehead atoms. The standard InChI is InChI=1S/C15H12F2N2O6/c16-15(17)25-10-5-3-9(4-6-10)14(22)24-8-12(20)18-19-13(21)11-2-1-7-23-11/h1-7,15H,8H2,(H,18,20)(H,19,21). The highest BCUT2D eigenvalue weighted by atomic mass is 19.3. The molecule has 2 N–H and O–H groups in total. The summed E-state index contributed by atoms with van der Waals surface area (Å²) in [6.45, 7) is -3.63. The second-order valence-electron chi connectivity index (χ2n) is 4.46. The van der Waals surface area contributed by atoms with Gasteiger partial charge in [0.1, 0.15) is 5.75 Å². The number of hydrazine groups is 1. The van der Waals surface area contributed by atoms with Crippen LogP contribution < -0.4 is 15.6 Å². The molecular formula is C15H12F2N2O6. The van der Waals surface area contributed by atoms with Crippen molar-refractivity contribution in [3.05, 3.63) is 54.0 Å². The van der Waals surface area contributed by atoms with Crippen molar-refractivity contribution in [2.45, 2.75) is 6.61 Å². The maximum atomic E-state index is 12.0. The highest BCUT2D eigenvalue weighted by molar-refractivity contribution is 5.94. The second-order valence-corrected chi connectivity index (χ2v) is 4.46. The Bertz CT molecular complexity index is 731. The third kappa shape index (κ3) is 5.61. The molecule has 0 aliphatic rings. The molecule has 1 heterocycles. The Morgan fingerprint density at radius 1 is 1.08 bits per heavy atom. The van der Waals surface area contributed by atoms with E-state index in [1.165, 1.54) is 30.5 Å². The molecule has 0 aliphatic heterocycles. The molecular weight excluding hydrogens is 342 g/mol. The van der Waals surface area contributed by atoms with E-state index in [0.717, 1.165) is 12.1 Å². The lowest BCUT2D eigenvalue weighted by Gasteiger charge is -2.08. The topological polar surface area (TPSA) is 107 Å². The number of carbonyl (C=O) groups is 3. The summed E-state index contributed by atoms with van der Waals surface area (Å²) in [7, 11) is 0. The number of halogens is 2. The summed E-state index contributed by atoms with van der Waals surface area (Å²) in [5.41, 5.74) is 4.13. The highest BCUT2D eigenvalue weighted by Crippen LogP contribution is 2.15. The highest BCUT2D eigenvalue weighted by Gasteiger charge is 2.13. The van der Waals surface area contributed by atoms with Crippen LogP contribution in [0.1, 0.15) is 20.9 Å². The summed E-state index contributed by atoms with van der Waals surface area (Å²) in [6.07, 6.45) is 1.29. The van der Waals surface area contributed by atoms with Gasteiger partial charge in [0.05, 0.1) is 11.8 Å². The molecule has 132 valence electrons. The van der Waals surface area contributed by atoms with Crippen LogP contribution in [0.5, 0.6) is 5.75 Å². The van der Waals surface area contributed by atoms with Crippen LogP contribution >= 0.6 is 0 Å². The van der Waals surface area contributed by atoms with Gasteiger partial charge < -0.3 is 13.9 Å². The first-order valence-electron chi connectivity index (χ1n) is 6.80. The Kier molecular flexibility index (Phi) is 6.04. The molecule has 0 spiro atoms. The Morgan fingerprint density at radius 2 is 1.80 bits per heavy atom. The van der Waals surface area contributed by atoms with E-state index in [4.69, 9.17) is 9.15 Å². The summed E-state index contributed by atoms with van der Waals surface area (Å²) in [5, 5.41) is 0. The molecule has 2 amide bonds. The summed E-state index contributed by atoms with van der Waals surface area (Å²) in [4.78, 5) is 34.7. The van der Waals surface area contributed by atoms with Crippen LogP contribution in [0, 0.1) is 0 Å². The van der Waals surface area contributed by atoms with E-state index in [9.17, 15) is 23.2 Å². The fraction of sp³-hybridized carbons (Fsp3) is 0.133. The van der Waals surface area contributed by atoms with E-state index >= 15 is 0 Å². The molecule has 0 fully saturated rings. The Morgan fingerprint density at radius 3 is 2.40 bits per heavy atom. The monoisotopic (exact) mass is 354 g/mol. The summed E-state index contributed by atoms with van der Waals surface area (Å²) in [5.74, 6) is -2.45. The zero-order valence-electron chi connectivity index (χ0n) is 12.5. The molecule has 0 atom stereocenters. The van der Waals surface area contributed by atoms with Crippen LogP contribution in [-0.2, 0) is 9.53 Å². The lowest BCUT2D eigenvalue weighted by atomic mass is 10.2. The second kappa shape index (κ2) is 8.43. The molecule has 0 saturated carbocycles. The van der Waals surface area contributed by atoms with E-state index < -0.39 is 31.0 Å². The van der Waals surface area contributed by atoms with Crippen LogP contribution in [0.25, 0.3) is 0 Å². The molecule has 1 aromatic heterocycles. The fourth-order valence-electron chi connectivity index (χ4n) is 1.62. The van der Waals surface area contributed by atoms with Crippen molar-refractivity contribution in [3.8, 4) is 5.75 Å². The van der Waals surface area contributed by atoms with Crippen LogP contribution in [0.4, 0.5) is 8.78 Å². The number of esters is 1. The van der Waals surface area contributed by atoms with Gasteiger partial charge in [-0.2, -0.15) is 8.78 Å². The molecule has 0 aliphatic carbocycles. The summed E-state index contributed by atoms with van der Waals surface area (Å²) in [6, 6.07) is 7.62. The van der Waals surface area contributed by atoms with Gasteiger partial charge in [0.2, 0.25) is 0 Å². The van der Waals surface area contributed by atoms with Crippen molar-refractivity contribution in [1.29, 1.82) is 0 Å². The number of hydrogen-bond acceptors (Lipinski definition) is 6. The van der Waals surface area contributed by atoms with Gasteiger partial charge in [-0.15, -0.1) is 0 Å². The first-order valence-corrected chi connectivity index (χ1v) is 6.80. The van der Waals surface area contributed by atoms with Gasteiger partial charge in [-0.25, -0.2) is 4.79 Å². The van der Waals surface area contributed by atoms with Crippen molar-refractivity contribution in [3.63, 3.8) is 0 Å². The SMILES string of the molecule is O=C(COC(=O)c1ccc(OC(F)F)cc1)NNC(=O)c1ccco1. The minimum absolute atomic E-state index is 0.0107. The smallest absolute Gasteiger partial charge is 0.387 e. The first-order chi connectivity index (χ1) is 12.0. The lowest BCUT2D eigenvalue weighted by Crippen LogP contribution is -2.43. The van der Waals surface area contributed by atoms with Gasteiger partial charge >= 0.3 is 18.5 Å². The third-order valence-corrected chi connectivity index (χ3v) is 2.71. The van der Waals surface area contributed by atoms with Gasteiger partial charge in [0.15, 0.2) is 12.4 Å². The van der Waals surface area contributed by atoms with Crippen molar-refractivity contribution in [1.82, 2.24) is 10.9 Å². The van der Waals surface area contributed by atoms with E-state index in [1.807, 2.05) is 5.43 Å². The quantitative estimate of drug-likeness (QED) is 0.601. The molecule has 2 aromatic rings. The number of nitrogens with one attached hydrogen (secondary N) is 2. The van der Waals surface area contributed by atoms with Gasteiger partial charge in [-0.05, 0) is 36.4 Å². The molecule has 0 radical (unpaired) electrons. The van der Waals surface area contributed by atoms with E-state index in [0.29, 0.717) is 0 Å². The molecule has 0 saturated heterocycles. The minimum Gasteiger partial charge on any atom is -0.459 e. The van der Waals surface area contributed by atoms with Crippen LogP contribution in [-0.4, -0.2) is 31.0 Å². The number of benzene rings is 1. The van der Waals surface area contributed by atoms with Crippen LogP contribution in [0.15, 0.2) is 47.1 Å². The fourth-order valence-corrected chi connectivity index (χ4v) is 1.62. The van der Waals surface area contributed by atoms with Crippen molar-refractivity contribution >= 4 is 17.8 Å². The molecule has 8 nitrogen and oxygen atoms in total. The molecule has 25 heavy (non-hydrogen) atoms. The average Bonchev–Trinajstić information content (AvgIpc) is 3.12. The van der Waals surface area contributed by atoms with Crippen molar-refractivity contribution in [2.24, 2.45) is 0 Å². The van der Waals surface area contributed by atoms with E-state index in [2.05, 4.69) is 10.2 Å². The number of carbonyl (C=O) groups excluding carboxylic acids is 3. The van der Waals surface area contributed by atoms with Crippen molar-refractivity contribution < 1.29 is 37.1 Å². The number of alkyl halides is 2. The predicted molar refractivity (Wildman–Crippen MR) is 77.7 cm³/mol. The maximum Gasteiger partial charge on any atom is 0.387 e. The van der Waals surface area contributed by atoms with Gasteiger partial charge in [-0.1, -0.05) is 0 Å². The largest absolute Gasteiger partial charge is 0.459 e. The van der Waals surface area contributed by atoms with Crippen LogP contribution in [0.3, 0.4) is 0 Å². The molecule has 1 aromatic carbocycles. The van der Waals surface area contributed by atoms with Crippen LogP contribution in [0.2, 0.25) is 0 Å². The Balaban J connectivity index is 1.75. The van der Waals surface area contributed by atoms with Gasteiger partial charge in [0.25, 0.3) is 5.91 Å². The third-order valence-electron chi connectivity index (χ3n) is 2.71. The maximum absolute atomic E-state index is 12.0. The van der Waals surface area contributed by atoms with Gasteiger partial charge in [0, 0.05) is 0 Å². The zero-order chi connectivity index (χ0) is 18.2. The normalized spacial score (nSPS) is 10.2. The number of hydrogen-bond donors (Lipinski definition) is 2. The predicted octanol–water partition coefficient (Wildman–Crippen LogP) is 1.50. The lowest BCUT2D eigenvalue weighted by molar-refractivity contribution is -0.125. The summed E-state index contributed by atoms with van der Waals surface area (Å²) < 4.78 is 37.7. The van der Waals surface area contributed by atoms with E-state index in [1.54, 1.807) is 0 Å². The Labute approximate surface area is 139 Å². The molecule has 0 unspecified atom stereocenters. The summed E-state index contributed by atoms with van der Waals surface area (Å²) >= 11 is 0. The minimum atomic E-state index is -2.97. The van der Waals surface area contributed by atoms with E-state index in [-0.39, 0.29) is 17.1 Å². The van der Waals surface area contributed by atoms with Crippen molar-refractivity contribution in [2.75, 3.05) is 6.61 Å². The molecule has 2 rings (SSSR count). The average molecular weight is 354 g/mol.